The molecule has 7 heteroatoms. The first-order valence-electron chi connectivity index (χ1n) is 13.6. The summed E-state index contributed by atoms with van der Waals surface area (Å²) >= 11 is 1.74. The Morgan fingerprint density at radius 2 is 1.71 bits per heavy atom. The fourth-order valence-electron chi connectivity index (χ4n) is 4.35. The molecular formula is C28H44N4O2S. The lowest BCUT2D eigenvalue weighted by Gasteiger charge is -2.25. The van der Waals surface area contributed by atoms with Crippen LogP contribution in [0.1, 0.15) is 91.9 Å². The quantitative estimate of drug-likeness (QED) is 0.264. The summed E-state index contributed by atoms with van der Waals surface area (Å²) in [7, 11) is 0. The van der Waals surface area contributed by atoms with E-state index in [2.05, 4.69) is 33.5 Å². The first kappa shape index (κ1) is 27.6. The highest BCUT2D eigenvalue weighted by Gasteiger charge is 2.14. The van der Waals surface area contributed by atoms with Crippen LogP contribution in [0.3, 0.4) is 0 Å². The van der Waals surface area contributed by atoms with E-state index in [4.69, 9.17) is 4.74 Å². The molecule has 6 nitrogen and oxygen atoms in total. The van der Waals surface area contributed by atoms with Crippen LogP contribution in [0.15, 0.2) is 30.5 Å². The van der Waals surface area contributed by atoms with Crippen LogP contribution in [0.2, 0.25) is 0 Å². The van der Waals surface area contributed by atoms with E-state index in [1.54, 1.807) is 11.3 Å². The first-order chi connectivity index (χ1) is 17.3. The van der Waals surface area contributed by atoms with Gasteiger partial charge in [-0.25, -0.2) is 4.98 Å². The maximum atomic E-state index is 12.6. The zero-order chi connectivity index (χ0) is 24.6. The summed E-state index contributed by atoms with van der Waals surface area (Å²) in [4.78, 5) is 20.6. The van der Waals surface area contributed by atoms with E-state index >= 15 is 0 Å². The lowest BCUT2D eigenvalue weighted by Crippen LogP contribution is -2.36. The zero-order valence-corrected chi connectivity index (χ0v) is 22.3. The van der Waals surface area contributed by atoms with E-state index in [9.17, 15) is 4.79 Å². The molecule has 0 unspecified atom stereocenters. The van der Waals surface area contributed by atoms with Gasteiger partial charge in [-0.2, -0.15) is 0 Å². The normalized spacial score (nSPS) is 13.8. The van der Waals surface area contributed by atoms with E-state index in [1.165, 1.54) is 62.7 Å². The van der Waals surface area contributed by atoms with Crippen LogP contribution in [-0.4, -0.2) is 43.7 Å². The maximum absolute atomic E-state index is 12.6. The summed E-state index contributed by atoms with van der Waals surface area (Å²) in [5.74, 6) is 0.0281. The molecule has 3 rings (SSSR count). The van der Waals surface area contributed by atoms with Gasteiger partial charge in [0.2, 0.25) is 0 Å². The van der Waals surface area contributed by atoms with Gasteiger partial charge in [0.15, 0.2) is 5.13 Å². The molecule has 2 aromatic rings. The molecule has 1 aliphatic rings. The summed E-state index contributed by atoms with van der Waals surface area (Å²) in [5, 5.41) is 7.65. The predicted molar refractivity (Wildman–Crippen MR) is 146 cm³/mol. The summed E-state index contributed by atoms with van der Waals surface area (Å²) in [6.07, 6.45) is 15.0. The number of hydrogen-bond acceptors (Lipinski definition) is 6. The number of nitrogens with zero attached hydrogens (tertiary/aromatic N) is 2. The van der Waals surface area contributed by atoms with E-state index in [-0.39, 0.29) is 5.91 Å². The number of carbonyl (C=O) groups excluding carboxylic acids is 1. The lowest BCUT2D eigenvalue weighted by atomic mass is 10.1. The third-order valence-electron chi connectivity index (χ3n) is 6.46. The third-order valence-corrected chi connectivity index (χ3v) is 7.51. The van der Waals surface area contributed by atoms with Crippen molar-refractivity contribution in [1.29, 1.82) is 0 Å². The molecule has 194 valence electrons. The van der Waals surface area contributed by atoms with Crippen molar-refractivity contribution in [3.8, 4) is 0 Å². The van der Waals surface area contributed by atoms with Crippen LogP contribution in [0, 0.1) is 0 Å². The van der Waals surface area contributed by atoms with Crippen LogP contribution >= 0.6 is 11.3 Å². The number of nitrogens with one attached hydrogen (secondary N) is 2. The number of anilines is 1. The Morgan fingerprint density at radius 1 is 1.00 bits per heavy atom. The second-order valence-corrected chi connectivity index (χ2v) is 10.5. The Morgan fingerprint density at radius 3 is 2.46 bits per heavy atom. The van der Waals surface area contributed by atoms with E-state index < -0.39 is 0 Å². The maximum Gasteiger partial charge on any atom is 0.251 e. The highest BCUT2D eigenvalue weighted by molar-refractivity contribution is 7.15. The monoisotopic (exact) mass is 500 g/mol. The molecular weight excluding hydrogens is 456 g/mol. The average molecular weight is 501 g/mol. The van der Waals surface area contributed by atoms with Gasteiger partial charge in [-0.05, 0) is 24.1 Å². The number of hydrogen-bond donors (Lipinski definition) is 2. The van der Waals surface area contributed by atoms with Crippen LogP contribution < -0.4 is 15.5 Å². The Bertz CT molecular complexity index is 851. The van der Waals surface area contributed by atoms with Gasteiger partial charge >= 0.3 is 0 Å². The van der Waals surface area contributed by atoms with Crippen molar-refractivity contribution in [2.24, 2.45) is 0 Å². The highest BCUT2D eigenvalue weighted by atomic mass is 32.1. The van der Waals surface area contributed by atoms with Gasteiger partial charge < -0.3 is 20.3 Å². The topological polar surface area (TPSA) is 66.5 Å². The zero-order valence-electron chi connectivity index (χ0n) is 21.5. The largest absolute Gasteiger partial charge is 0.378 e. The lowest BCUT2D eigenvalue weighted by molar-refractivity contribution is 0.0952. The number of aromatic nitrogens is 1. The highest BCUT2D eigenvalue weighted by Crippen LogP contribution is 2.23. The summed E-state index contributed by atoms with van der Waals surface area (Å²) in [6, 6.07) is 7.93. The second-order valence-electron chi connectivity index (χ2n) is 9.45. The smallest absolute Gasteiger partial charge is 0.251 e. The van der Waals surface area contributed by atoms with Crippen molar-refractivity contribution in [3.05, 3.63) is 46.5 Å². The standard InChI is InChI=1S/C28H44N4O2S/c1-2-3-4-5-6-7-8-9-10-11-15-30-27(33)25-14-12-13-24(20-25)21-29-22-26-23-31-28(35-26)32-16-18-34-19-17-32/h12-14,20,23,29H,2-11,15-19,21-22H2,1H3,(H,30,33). The molecule has 1 aromatic heterocycles. The van der Waals surface area contributed by atoms with Crippen molar-refractivity contribution in [2.45, 2.75) is 84.2 Å². The molecule has 1 amide bonds. The van der Waals surface area contributed by atoms with Crippen molar-refractivity contribution in [3.63, 3.8) is 0 Å². The minimum Gasteiger partial charge on any atom is -0.378 e. The van der Waals surface area contributed by atoms with Crippen LogP contribution in [0.25, 0.3) is 0 Å². The Balaban J connectivity index is 1.27. The fourth-order valence-corrected chi connectivity index (χ4v) is 5.28. The number of morpholine rings is 1. The Kier molecular flexibility index (Phi) is 13.2. The van der Waals surface area contributed by atoms with Crippen molar-refractivity contribution in [2.75, 3.05) is 37.7 Å². The van der Waals surface area contributed by atoms with Crippen molar-refractivity contribution in [1.82, 2.24) is 15.6 Å². The average Bonchev–Trinajstić information content (AvgIpc) is 3.37. The molecule has 1 aliphatic heterocycles. The fraction of sp³-hybridized carbons (Fsp3) is 0.643. The molecule has 2 N–H and O–H groups in total. The third kappa shape index (κ3) is 10.7. The summed E-state index contributed by atoms with van der Waals surface area (Å²) in [5.41, 5.74) is 1.86. The first-order valence-corrected chi connectivity index (χ1v) is 14.4. The van der Waals surface area contributed by atoms with E-state index in [1.807, 2.05) is 24.4 Å². The Labute approximate surface area is 215 Å². The Hall–Kier alpha value is -1.96. The van der Waals surface area contributed by atoms with Gasteiger partial charge in [0, 0.05) is 49.4 Å². The van der Waals surface area contributed by atoms with Crippen LogP contribution in [-0.2, 0) is 17.8 Å². The molecule has 0 radical (unpaired) electrons. The number of ether oxygens (including phenoxy) is 1. The summed E-state index contributed by atoms with van der Waals surface area (Å²) < 4.78 is 5.42. The molecule has 1 saturated heterocycles. The molecule has 0 saturated carbocycles. The molecule has 1 aromatic carbocycles. The number of unbranched alkanes of at least 4 members (excludes halogenated alkanes) is 9. The van der Waals surface area contributed by atoms with Gasteiger partial charge in [-0.1, -0.05) is 76.8 Å². The van der Waals surface area contributed by atoms with Crippen molar-refractivity contribution < 1.29 is 9.53 Å². The van der Waals surface area contributed by atoms with Gasteiger partial charge in [0.1, 0.15) is 0 Å². The molecule has 0 aliphatic carbocycles. The number of benzene rings is 1. The van der Waals surface area contributed by atoms with Crippen LogP contribution in [0.5, 0.6) is 0 Å². The number of carbonyl (C=O) groups is 1. The number of amides is 1. The van der Waals surface area contributed by atoms with Crippen molar-refractivity contribution >= 4 is 22.4 Å². The van der Waals surface area contributed by atoms with Gasteiger partial charge in [0.25, 0.3) is 5.91 Å². The number of rotatable bonds is 17. The van der Waals surface area contributed by atoms with Gasteiger partial charge in [-0.15, -0.1) is 11.3 Å². The molecule has 1 fully saturated rings. The SMILES string of the molecule is CCCCCCCCCCCCNC(=O)c1cccc(CNCc2cnc(N3CCOCC3)s2)c1. The van der Waals surface area contributed by atoms with Gasteiger partial charge in [-0.3, -0.25) is 4.79 Å². The molecule has 0 spiro atoms. The van der Waals surface area contributed by atoms with E-state index in [0.717, 1.165) is 68.6 Å². The number of thiazole rings is 1. The minimum absolute atomic E-state index is 0.0281. The molecule has 35 heavy (non-hydrogen) atoms. The molecule has 2 heterocycles. The van der Waals surface area contributed by atoms with E-state index in [0.29, 0.717) is 0 Å². The minimum atomic E-state index is 0.0281. The van der Waals surface area contributed by atoms with Gasteiger partial charge in [0.05, 0.1) is 13.2 Å². The van der Waals surface area contributed by atoms with Crippen LogP contribution in [0.4, 0.5) is 5.13 Å². The second kappa shape index (κ2) is 16.7. The predicted octanol–water partition coefficient (Wildman–Crippen LogP) is 5.92. The molecule has 0 bridgehead atoms. The summed E-state index contributed by atoms with van der Waals surface area (Å²) in [6.45, 7) is 7.89. The molecule has 0 atom stereocenters.